The van der Waals surface area contributed by atoms with Gasteiger partial charge in [-0.25, -0.2) is 0 Å². The Hall–Kier alpha value is -1.87. The van der Waals surface area contributed by atoms with Crippen LogP contribution in [0.3, 0.4) is 0 Å². The van der Waals surface area contributed by atoms with Crippen LogP contribution in [0.4, 0.5) is 0 Å². The van der Waals surface area contributed by atoms with Gasteiger partial charge >= 0.3 is 0 Å². The number of halogens is 1. The monoisotopic (exact) mass is 506 g/mol. The summed E-state index contributed by atoms with van der Waals surface area (Å²) in [4.78, 5) is 35.1. The Labute approximate surface area is 214 Å². The lowest BCUT2D eigenvalue weighted by molar-refractivity contribution is -0.144. The largest absolute Gasteiger partial charge is 0.493 e. The highest BCUT2D eigenvalue weighted by molar-refractivity contribution is 6.30. The van der Waals surface area contributed by atoms with E-state index in [0.717, 1.165) is 52.1 Å². The highest BCUT2D eigenvalue weighted by Crippen LogP contribution is 2.36. The van der Waals surface area contributed by atoms with Crippen molar-refractivity contribution in [3.05, 3.63) is 29.3 Å². The zero-order valence-corrected chi connectivity index (χ0v) is 21.7. The standard InChI is InChI=1S/C26H39ClN4O4/c1-2-28-9-11-29(12-10-28)19-25(33)31-8-4-7-26(20-31,18-24(32)30-13-15-34-16-14-30)21-35-23-6-3-5-22(27)17-23/h3,5-6,17H,2,4,7-16,18-21H2,1H3. The van der Waals surface area contributed by atoms with Gasteiger partial charge in [-0.15, -0.1) is 0 Å². The summed E-state index contributed by atoms with van der Waals surface area (Å²) in [6.07, 6.45) is 2.08. The Kier molecular flexibility index (Phi) is 9.27. The van der Waals surface area contributed by atoms with Crippen molar-refractivity contribution in [2.24, 2.45) is 5.41 Å². The van der Waals surface area contributed by atoms with E-state index >= 15 is 0 Å². The van der Waals surface area contributed by atoms with Crippen LogP contribution in [-0.4, -0.2) is 117 Å². The molecule has 194 valence electrons. The number of carbonyl (C=O) groups excluding carboxylic acids is 2. The highest BCUT2D eigenvalue weighted by Gasteiger charge is 2.41. The maximum atomic E-state index is 13.3. The molecule has 3 fully saturated rings. The molecule has 1 unspecified atom stereocenters. The van der Waals surface area contributed by atoms with E-state index in [1.807, 2.05) is 28.0 Å². The second-order valence-corrected chi connectivity index (χ2v) is 10.5. The summed E-state index contributed by atoms with van der Waals surface area (Å²) in [5.41, 5.74) is -0.424. The maximum Gasteiger partial charge on any atom is 0.236 e. The molecule has 2 amide bonds. The van der Waals surface area contributed by atoms with Gasteiger partial charge in [-0.05, 0) is 37.6 Å². The van der Waals surface area contributed by atoms with E-state index in [1.165, 1.54) is 0 Å². The van der Waals surface area contributed by atoms with Crippen LogP contribution < -0.4 is 4.74 Å². The van der Waals surface area contributed by atoms with Gasteiger partial charge in [-0.3, -0.25) is 14.5 Å². The van der Waals surface area contributed by atoms with E-state index in [2.05, 4.69) is 16.7 Å². The number of amides is 2. The van der Waals surface area contributed by atoms with Crippen molar-refractivity contribution in [2.75, 3.05) is 85.3 Å². The lowest BCUT2D eigenvalue weighted by Crippen LogP contribution is -2.55. The molecule has 9 heteroatoms. The minimum absolute atomic E-state index is 0.119. The number of morpholine rings is 1. The van der Waals surface area contributed by atoms with Gasteiger partial charge in [0.15, 0.2) is 0 Å². The quantitative estimate of drug-likeness (QED) is 0.538. The van der Waals surface area contributed by atoms with Gasteiger partial charge < -0.3 is 24.2 Å². The number of likely N-dealkylation sites (tertiary alicyclic amines) is 1. The van der Waals surface area contributed by atoms with Crippen molar-refractivity contribution in [1.29, 1.82) is 0 Å². The maximum absolute atomic E-state index is 13.3. The molecule has 3 heterocycles. The molecule has 3 aliphatic heterocycles. The molecule has 0 radical (unpaired) electrons. The normalized spacial score (nSPS) is 24.4. The SMILES string of the molecule is CCN1CCN(CC(=O)N2CCCC(COc3cccc(Cl)c3)(CC(=O)N3CCOCC3)C2)CC1. The fourth-order valence-electron chi connectivity index (χ4n) is 5.33. The molecule has 8 nitrogen and oxygen atoms in total. The number of nitrogens with zero attached hydrogens (tertiary/aromatic N) is 4. The lowest BCUT2D eigenvalue weighted by atomic mass is 9.77. The Morgan fingerprint density at radius 2 is 1.74 bits per heavy atom. The number of likely N-dealkylation sites (N-methyl/N-ethyl adjacent to an activating group) is 1. The van der Waals surface area contributed by atoms with E-state index in [0.29, 0.717) is 63.2 Å². The van der Waals surface area contributed by atoms with Gasteiger partial charge in [0.2, 0.25) is 11.8 Å². The summed E-state index contributed by atoms with van der Waals surface area (Å²) in [7, 11) is 0. The van der Waals surface area contributed by atoms with Crippen molar-refractivity contribution >= 4 is 23.4 Å². The van der Waals surface area contributed by atoms with E-state index in [1.54, 1.807) is 6.07 Å². The van der Waals surface area contributed by atoms with Crippen LogP contribution in [0.5, 0.6) is 5.75 Å². The van der Waals surface area contributed by atoms with Crippen molar-refractivity contribution < 1.29 is 19.1 Å². The summed E-state index contributed by atoms with van der Waals surface area (Å²) in [6, 6.07) is 7.34. The van der Waals surface area contributed by atoms with Crippen LogP contribution in [0.2, 0.25) is 5.02 Å². The topological polar surface area (TPSA) is 65.6 Å². The average Bonchev–Trinajstić information content (AvgIpc) is 2.89. The molecular formula is C26H39ClN4O4. The predicted octanol–water partition coefficient (Wildman–Crippen LogP) is 2.21. The van der Waals surface area contributed by atoms with Crippen molar-refractivity contribution in [2.45, 2.75) is 26.2 Å². The number of ether oxygens (including phenoxy) is 2. The Morgan fingerprint density at radius 1 is 1.00 bits per heavy atom. The first kappa shape index (κ1) is 26.2. The molecule has 0 aliphatic carbocycles. The number of rotatable bonds is 8. The highest BCUT2D eigenvalue weighted by atomic mass is 35.5. The Bertz CT molecular complexity index is 858. The number of hydrogen-bond acceptors (Lipinski definition) is 6. The summed E-state index contributed by atoms with van der Waals surface area (Å²) >= 11 is 6.15. The fourth-order valence-corrected chi connectivity index (χ4v) is 5.51. The van der Waals surface area contributed by atoms with Gasteiger partial charge in [-0.2, -0.15) is 0 Å². The van der Waals surface area contributed by atoms with Crippen molar-refractivity contribution in [3.63, 3.8) is 0 Å². The average molecular weight is 507 g/mol. The van der Waals surface area contributed by atoms with Crippen molar-refractivity contribution in [3.8, 4) is 5.75 Å². The molecule has 3 saturated heterocycles. The van der Waals surface area contributed by atoms with Gasteiger partial charge in [0.1, 0.15) is 5.75 Å². The molecule has 0 spiro atoms. The third-order valence-electron chi connectivity index (χ3n) is 7.52. The Morgan fingerprint density at radius 3 is 2.46 bits per heavy atom. The summed E-state index contributed by atoms with van der Waals surface area (Å²) in [6.45, 7) is 11.6. The Balaban J connectivity index is 1.42. The second kappa shape index (κ2) is 12.4. The zero-order chi connectivity index (χ0) is 24.7. The van der Waals surface area contributed by atoms with Gasteiger partial charge in [0.25, 0.3) is 0 Å². The smallest absolute Gasteiger partial charge is 0.236 e. The van der Waals surface area contributed by atoms with Crippen molar-refractivity contribution in [1.82, 2.24) is 19.6 Å². The van der Waals surface area contributed by atoms with Crippen LogP contribution in [0.1, 0.15) is 26.2 Å². The van der Waals surface area contributed by atoms with Gasteiger partial charge in [-0.1, -0.05) is 24.6 Å². The van der Waals surface area contributed by atoms with Crippen LogP contribution in [0.15, 0.2) is 24.3 Å². The molecule has 0 bridgehead atoms. The third kappa shape index (κ3) is 7.32. The molecule has 35 heavy (non-hydrogen) atoms. The minimum atomic E-state index is -0.424. The molecule has 0 N–H and O–H groups in total. The number of piperazine rings is 1. The lowest BCUT2D eigenvalue weighted by Gasteiger charge is -2.44. The first-order valence-corrected chi connectivity index (χ1v) is 13.3. The number of piperidine rings is 1. The van der Waals surface area contributed by atoms with E-state index < -0.39 is 5.41 Å². The van der Waals surface area contributed by atoms with Crippen LogP contribution >= 0.6 is 11.6 Å². The molecule has 4 rings (SSSR count). The van der Waals surface area contributed by atoms with E-state index in [9.17, 15) is 9.59 Å². The molecule has 0 saturated carbocycles. The molecule has 0 aromatic heterocycles. The number of carbonyl (C=O) groups is 2. The molecular weight excluding hydrogens is 468 g/mol. The molecule has 3 aliphatic rings. The second-order valence-electron chi connectivity index (χ2n) is 10.0. The molecule has 1 atom stereocenters. The van der Waals surface area contributed by atoms with Crippen LogP contribution in [-0.2, 0) is 14.3 Å². The molecule has 1 aromatic carbocycles. The summed E-state index contributed by atoms with van der Waals surface area (Å²) in [5.74, 6) is 0.960. The number of hydrogen-bond donors (Lipinski definition) is 0. The van der Waals surface area contributed by atoms with Gasteiger partial charge in [0.05, 0.1) is 26.4 Å². The first-order valence-electron chi connectivity index (χ1n) is 12.9. The van der Waals surface area contributed by atoms with E-state index in [4.69, 9.17) is 21.1 Å². The van der Waals surface area contributed by atoms with E-state index in [-0.39, 0.29) is 11.8 Å². The fraction of sp³-hybridized carbons (Fsp3) is 0.692. The molecule has 1 aromatic rings. The third-order valence-corrected chi connectivity index (χ3v) is 7.75. The minimum Gasteiger partial charge on any atom is -0.493 e. The van der Waals surface area contributed by atoms with Crippen LogP contribution in [0.25, 0.3) is 0 Å². The van der Waals surface area contributed by atoms with Crippen LogP contribution in [0, 0.1) is 5.41 Å². The zero-order valence-electron chi connectivity index (χ0n) is 20.9. The summed E-state index contributed by atoms with van der Waals surface area (Å²) < 4.78 is 11.6. The number of benzene rings is 1. The summed E-state index contributed by atoms with van der Waals surface area (Å²) in [5, 5.41) is 0.615. The van der Waals surface area contributed by atoms with Gasteiger partial charge in [0, 0.05) is 69.2 Å². The predicted molar refractivity (Wildman–Crippen MR) is 136 cm³/mol. The first-order chi connectivity index (χ1) is 17.0.